The number of ether oxygens (including phenoxy) is 2. The van der Waals surface area contributed by atoms with Crippen LogP contribution in [0.4, 0.5) is 10.5 Å². The Labute approximate surface area is 167 Å². The SMILES string of the molecule is COc1ccc(Cl)cc1NC(=O)[C@@H](C)OC(=O)CCN1C(=O)NC(C)(C)C1=O. The molecule has 0 radical (unpaired) electrons. The van der Waals surface area contributed by atoms with Gasteiger partial charge in [-0.3, -0.25) is 19.3 Å². The van der Waals surface area contributed by atoms with E-state index in [0.29, 0.717) is 16.5 Å². The van der Waals surface area contributed by atoms with Crippen LogP contribution in [-0.4, -0.2) is 54.0 Å². The van der Waals surface area contributed by atoms with E-state index in [4.69, 9.17) is 21.1 Å². The van der Waals surface area contributed by atoms with Crippen LogP contribution in [0.3, 0.4) is 0 Å². The summed E-state index contributed by atoms with van der Waals surface area (Å²) in [5.74, 6) is -1.32. The summed E-state index contributed by atoms with van der Waals surface area (Å²) in [4.78, 5) is 49.1. The highest BCUT2D eigenvalue weighted by Crippen LogP contribution is 2.27. The number of methoxy groups -OCH3 is 1. The summed E-state index contributed by atoms with van der Waals surface area (Å²) in [5, 5.41) is 5.49. The number of halogens is 1. The number of hydrogen-bond acceptors (Lipinski definition) is 6. The first kappa shape index (κ1) is 21.5. The minimum atomic E-state index is -1.10. The second kappa shape index (κ2) is 8.47. The largest absolute Gasteiger partial charge is 0.495 e. The van der Waals surface area contributed by atoms with E-state index in [2.05, 4.69) is 10.6 Å². The van der Waals surface area contributed by atoms with Crippen molar-refractivity contribution in [3.63, 3.8) is 0 Å². The van der Waals surface area contributed by atoms with Gasteiger partial charge in [0, 0.05) is 11.6 Å². The van der Waals surface area contributed by atoms with Crippen molar-refractivity contribution in [3.05, 3.63) is 23.2 Å². The molecular weight excluding hydrogens is 390 g/mol. The van der Waals surface area contributed by atoms with Crippen LogP contribution in [0.25, 0.3) is 0 Å². The van der Waals surface area contributed by atoms with Crippen molar-refractivity contribution in [1.29, 1.82) is 0 Å². The summed E-state index contributed by atoms with van der Waals surface area (Å²) in [6, 6.07) is 4.14. The molecule has 152 valence electrons. The van der Waals surface area contributed by atoms with Gasteiger partial charge in [0.05, 0.1) is 19.2 Å². The number of carbonyl (C=O) groups excluding carboxylic acids is 4. The van der Waals surface area contributed by atoms with Crippen LogP contribution in [0.2, 0.25) is 5.02 Å². The summed E-state index contributed by atoms with van der Waals surface area (Å²) >= 11 is 5.91. The van der Waals surface area contributed by atoms with Gasteiger partial charge in [-0.1, -0.05) is 11.6 Å². The number of esters is 1. The fourth-order valence-electron chi connectivity index (χ4n) is 2.55. The lowest BCUT2D eigenvalue weighted by Crippen LogP contribution is -2.40. The van der Waals surface area contributed by atoms with E-state index >= 15 is 0 Å². The minimum Gasteiger partial charge on any atom is -0.495 e. The summed E-state index contributed by atoms with van der Waals surface area (Å²) in [6.45, 7) is 4.41. The molecule has 0 unspecified atom stereocenters. The van der Waals surface area contributed by atoms with Crippen molar-refractivity contribution in [3.8, 4) is 5.75 Å². The first-order chi connectivity index (χ1) is 13.0. The molecule has 1 fully saturated rings. The highest BCUT2D eigenvalue weighted by Gasteiger charge is 2.44. The number of urea groups is 1. The molecule has 0 aliphatic carbocycles. The summed E-state index contributed by atoms with van der Waals surface area (Å²) in [5.41, 5.74) is -0.672. The van der Waals surface area contributed by atoms with E-state index in [1.165, 1.54) is 20.1 Å². The van der Waals surface area contributed by atoms with Gasteiger partial charge in [0.2, 0.25) is 0 Å². The number of benzene rings is 1. The van der Waals surface area contributed by atoms with Crippen molar-refractivity contribution in [2.24, 2.45) is 0 Å². The Morgan fingerprint density at radius 2 is 2.00 bits per heavy atom. The average Bonchev–Trinajstić information content (AvgIpc) is 2.80. The second-order valence-electron chi connectivity index (χ2n) is 6.73. The Morgan fingerprint density at radius 3 is 2.57 bits per heavy atom. The van der Waals surface area contributed by atoms with Gasteiger partial charge in [-0.15, -0.1) is 0 Å². The average molecular weight is 412 g/mol. The van der Waals surface area contributed by atoms with Gasteiger partial charge < -0.3 is 20.1 Å². The Balaban J connectivity index is 1.88. The van der Waals surface area contributed by atoms with Gasteiger partial charge in [0.15, 0.2) is 6.10 Å². The molecule has 2 N–H and O–H groups in total. The number of imide groups is 1. The topological polar surface area (TPSA) is 114 Å². The standard InChI is InChI=1S/C18H22ClN3O6/c1-10(15(24)20-12-9-11(19)5-6-13(12)27-4)28-14(23)7-8-22-16(25)18(2,3)21-17(22)26/h5-6,9-10H,7-8H2,1-4H3,(H,20,24)(H,21,26)/t10-/m1/s1. The van der Waals surface area contributed by atoms with Gasteiger partial charge in [0.1, 0.15) is 11.3 Å². The first-order valence-electron chi connectivity index (χ1n) is 8.53. The Kier molecular flexibility index (Phi) is 6.50. The fourth-order valence-corrected chi connectivity index (χ4v) is 2.72. The lowest BCUT2D eigenvalue weighted by atomic mass is 10.1. The molecule has 28 heavy (non-hydrogen) atoms. The smallest absolute Gasteiger partial charge is 0.325 e. The molecule has 1 aliphatic heterocycles. The van der Waals surface area contributed by atoms with E-state index < -0.39 is 35.5 Å². The van der Waals surface area contributed by atoms with Crippen molar-refractivity contribution in [1.82, 2.24) is 10.2 Å². The predicted molar refractivity (Wildman–Crippen MR) is 101 cm³/mol. The number of amides is 4. The molecule has 1 heterocycles. The number of carbonyl (C=O) groups is 4. The number of anilines is 1. The first-order valence-corrected chi connectivity index (χ1v) is 8.91. The second-order valence-corrected chi connectivity index (χ2v) is 7.16. The zero-order valence-corrected chi connectivity index (χ0v) is 16.8. The van der Waals surface area contributed by atoms with Gasteiger partial charge in [-0.05, 0) is 39.0 Å². The Morgan fingerprint density at radius 1 is 1.32 bits per heavy atom. The molecule has 0 aromatic heterocycles. The van der Waals surface area contributed by atoms with Crippen molar-refractivity contribution >= 4 is 41.1 Å². The van der Waals surface area contributed by atoms with Crippen LogP contribution in [0.5, 0.6) is 5.75 Å². The highest BCUT2D eigenvalue weighted by atomic mass is 35.5. The lowest BCUT2D eigenvalue weighted by Gasteiger charge is -2.17. The molecule has 1 aromatic rings. The van der Waals surface area contributed by atoms with Crippen LogP contribution in [0.15, 0.2) is 18.2 Å². The predicted octanol–water partition coefficient (Wildman–Crippen LogP) is 1.94. The molecule has 1 aromatic carbocycles. The maximum atomic E-state index is 12.3. The molecule has 1 atom stereocenters. The van der Waals surface area contributed by atoms with Gasteiger partial charge in [0.25, 0.3) is 11.8 Å². The highest BCUT2D eigenvalue weighted by molar-refractivity contribution is 6.31. The number of nitrogens with one attached hydrogen (secondary N) is 2. The zero-order chi connectivity index (χ0) is 21.1. The third-order valence-corrected chi connectivity index (χ3v) is 4.32. The molecule has 0 bridgehead atoms. The molecule has 9 nitrogen and oxygen atoms in total. The third kappa shape index (κ3) is 4.92. The number of hydrogen-bond donors (Lipinski definition) is 2. The third-order valence-electron chi connectivity index (χ3n) is 4.08. The Hall–Kier alpha value is -2.81. The molecule has 2 rings (SSSR count). The number of rotatable bonds is 7. The maximum Gasteiger partial charge on any atom is 0.325 e. The Bertz CT molecular complexity index is 811. The van der Waals surface area contributed by atoms with Crippen LogP contribution in [0.1, 0.15) is 27.2 Å². The summed E-state index contributed by atoms with van der Waals surface area (Å²) < 4.78 is 10.2. The summed E-state index contributed by atoms with van der Waals surface area (Å²) in [7, 11) is 1.44. The van der Waals surface area contributed by atoms with Gasteiger partial charge in [-0.2, -0.15) is 0 Å². The molecule has 0 spiro atoms. The minimum absolute atomic E-state index is 0.136. The van der Waals surface area contributed by atoms with E-state index in [9.17, 15) is 19.2 Å². The zero-order valence-electron chi connectivity index (χ0n) is 16.0. The van der Waals surface area contributed by atoms with E-state index in [0.717, 1.165) is 4.90 Å². The molecule has 10 heteroatoms. The van der Waals surface area contributed by atoms with Gasteiger partial charge >= 0.3 is 12.0 Å². The quantitative estimate of drug-likeness (QED) is 0.523. The van der Waals surface area contributed by atoms with Crippen LogP contribution >= 0.6 is 11.6 Å². The molecular formula is C18H22ClN3O6. The van der Waals surface area contributed by atoms with Crippen LogP contribution < -0.4 is 15.4 Å². The fraction of sp³-hybridized carbons (Fsp3) is 0.444. The van der Waals surface area contributed by atoms with Crippen molar-refractivity contribution in [2.45, 2.75) is 38.8 Å². The number of nitrogens with zero attached hydrogens (tertiary/aromatic N) is 1. The molecule has 1 saturated heterocycles. The molecule has 1 aliphatic rings. The summed E-state index contributed by atoms with van der Waals surface area (Å²) in [6.07, 6.45) is -1.33. The van der Waals surface area contributed by atoms with Crippen LogP contribution in [0, 0.1) is 0 Å². The normalized spacial score (nSPS) is 16.4. The monoisotopic (exact) mass is 411 g/mol. The van der Waals surface area contributed by atoms with E-state index in [1.807, 2.05) is 0 Å². The van der Waals surface area contributed by atoms with Gasteiger partial charge in [-0.25, -0.2) is 4.79 Å². The molecule has 4 amide bonds. The van der Waals surface area contributed by atoms with Crippen LogP contribution in [-0.2, 0) is 19.1 Å². The lowest BCUT2D eigenvalue weighted by molar-refractivity contribution is -0.153. The van der Waals surface area contributed by atoms with Crippen molar-refractivity contribution in [2.75, 3.05) is 19.0 Å². The molecule has 0 saturated carbocycles. The van der Waals surface area contributed by atoms with E-state index in [1.54, 1.807) is 26.0 Å². The maximum absolute atomic E-state index is 12.3. The van der Waals surface area contributed by atoms with Crippen molar-refractivity contribution < 1.29 is 28.7 Å². The van der Waals surface area contributed by atoms with E-state index in [-0.39, 0.29) is 13.0 Å².